The van der Waals surface area contributed by atoms with E-state index in [4.69, 9.17) is 0 Å². The van der Waals surface area contributed by atoms with Crippen molar-refractivity contribution in [1.82, 2.24) is 10.2 Å². The van der Waals surface area contributed by atoms with Gasteiger partial charge in [-0.15, -0.1) is 0 Å². The highest BCUT2D eigenvalue weighted by atomic mass is 15.3. The Balaban J connectivity index is 1.79. The maximum absolute atomic E-state index is 3.87. The second-order valence-corrected chi connectivity index (χ2v) is 7.32. The van der Waals surface area contributed by atoms with Crippen molar-refractivity contribution in [2.75, 3.05) is 19.6 Å². The fraction of sp³-hybridized carbons (Fsp3) is 0.667. The van der Waals surface area contributed by atoms with Crippen LogP contribution in [0.1, 0.15) is 45.2 Å². The Bertz CT molecular complexity index is 438. The first-order valence-corrected chi connectivity index (χ1v) is 8.12. The molecule has 3 rings (SSSR count). The molecular weight excluding hydrogens is 244 g/mol. The minimum Gasteiger partial charge on any atom is -0.308 e. The first-order chi connectivity index (χ1) is 9.58. The quantitative estimate of drug-likeness (QED) is 0.903. The first kappa shape index (κ1) is 14.1. The number of nitrogens with one attached hydrogen (secondary N) is 1. The van der Waals surface area contributed by atoms with Gasteiger partial charge in [-0.2, -0.15) is 0 Å². The Morgan fingerprint density at radius 3 is 2.55 bits per heavy atom. The van der Waals surface area contributed by atoms with Gasteiger partial charge in [0, 0.05) is 31.2 Å². The van der Waals surface area contributed by atoms with Crippen LogP contribution in [0.4, 0.5) is 0 Å². The SMILES string of the molecule is CC(C)CN1CC(C)(C2CC2)NCC1c1ccccc1. The lowest BCUT2D eigenvalue weighted by Gasteiger charge is -2.47. The monoisotopic (exact) mass is 272 g/mol. The molecule has 0 amide bonds. The normalized spacial score (nSPS) is 31.7. The summed E-state index contributed by atoms with van der Waals surface area (Å²) in [6.07, 6.45) is 2.82. The second-order valence-electron chi connectivity index (χ2n) is 7.32. The van der Waals surface area contributed by atoms with Crippen LogP contribution in [0.3, 0.4) is 0 Å². The molecule has 2 unspecified atom stereocenters. The smallest absolute Gasteiger partial charge is 0.0473 e. The Kier molecular flexibility index (Phi) is 3.87. The highest BCUT2D eigenvalue weighted by Crippen LogP contribution is 2.43. The zero-order valence-corrected chi connectivity index (χ0v) is 13.1. The molecule has 0 bridgehead atoms. The van der Waals surface area contributed by atoms with E-state index in [-0.39, 0.29) is 0 Å². The van der Waals surface area contributed by atoms with Crippen molar-refractivity contribution in [3.8, 4) is 0 Å². The highest BCUT2D eigenvalue weighted by Gasteiger charge is 2.46. The summed E-state index contributed by atoms with van der Waals surface area (Å²) in [4.78, 5) is 2.72. The van der Waals surface area contributed by atoms with Crippen LogP contribution in [-0.4, -0.2) is 30.1 Å². The van der Waals surface area contributed by atoms with Crippen LogP contribution in [0.15, 0.2) is 30.3 Å². The predicted octanol–water partition coefficient (Wildman–Crippen LogP) is 3.46. The Morgan fingerprint density at radius 1 is 1.25 bits per heavy atom. The van der Waals surface area contributed by atoms with Gasteiger partial charge >= 0.3 is 0 Å². The molecule has 2 aliphatic rings. The topological polar surface area (TPSA) is 15.3 Å². The van der Waals surface area contributed by atoms with E-state index in [0.29, 0.717) is 11.6 Å². The van der Waals surface area contributed by atoms with E-state index in [1.54, 1.807) is 0 Å². The van der Waals surface area contributed by atoms with Gasteiger partial charge in [0.05, 0.1) is 0 Å². The number of hydrogen-bond donors (Lipinski definition) is 1. The lowest BCUT2D eigenvalue weighted by atomic mass is 9.88. The van der Waals surface area contributed by atoms with Crippen LogP contribution in [0, 0.1) is 11.8 Å². The van der Waals surface area contributed by atoms with E-state index >= 15 is 0 Å². The van der Waals surface area contributed by atoms with Gasteiger partial charge in [-0.1, -0.05) is 44.2 Å². The minimum absolute atomic E-state index is 0.334. The molecule has 1 saturated carbocycles. The molecule has 2 fully saturated rings. The van der Waals surface area contributed by atoms with Gasteiger partial charge in [0.15, 0.2) is 0 Å². The third kappa shape index (κ3) is 2.91. The van der Waals surface area contributed by atoms with Crippen molar-refractivity contribution in [2.45, 2.75) is 45.2 Å². The fourth-order valence-electron chi connectivity index (χ4n) is 3.71. The molecule has 2 atom stereocenters. The summed E-state index contributed by atoms with van der Waals surface area (Å²) < 4.78 is 0. The third-order valence-corrected chi connectivity index (χ3v) is 4.93. The first-order valence-electron chi connectivity index (χ1n) is 8.12. The van der Waals surface area contributed by atoms with Gasteiger partial charge < -0.3 is 5.32 Å². The number of piperazine rings is 1. The maximum atomic E-state index is 3.87. The van der Waals surface area contributed by atoms with Crippen molar-refractivity contribution in [1.29, 1.82) is 0 Å². The lowest BCUT2D eigenvalue weighted by molar-refractivity contribution is 0.0648. The van der Waals surface area contributed by atoms with Crippen molar-refractivity contribution >= 4 is 0 Å². The zero-order chi connectivity index (χ0) is 14.2. The van der Waals surface area contributed by atoms with Gasteiger partial charge in [-0.05, 0) is 37.2 Å². The van der Waals surface area contributed by atoms with E-state index in [1.807, 2.05) is 0 Å². The molecule has 20 heavy (non-hydrogen) atoms. The summed E-state index contributed by atoms with van der Waals surface area (Å²) in [5.41, 5.74) is 1.79. The van der Waals surface area contributed by atoms with E-state index < -0.39 is 0 Å². The Morgan fingerprint density at radius 2 is 1.95 bits per heavy atom. The molecule has 0 aromatic heterocycles. The molecule has 1 heterocycles. The number of hydrogen-bond acceptors (Lipinski definition) is 2. The van der Waals surface area contributed by atoms with Crippen molar-refractivity contribution < 1.29 is 0 Å². The molecule has 1 saturated heterocycles. The largest absolute Gasteiger partial charge is 0.308 e. The molecule has 110 valence electrons. The molecular formula is C18H28N2. The molecule has 2 heteroatoms. The molecule has 1 aromatic carbocycles. The minimum atomic E-state index is 0.334. The zero-order valence-electron chi connectivity index (χ0n) is 13.1. The van der Waals surface area contributed by atoms with Crippen molar-refractivity contribution in [3.05, 3.63) is 35.9 Å². The van der Waals surface area contributed by atoms with Gasteiger partial charge in [-0.3, -0.25) is 4.90 Å². The van der Waals surface area contributed by atoms with Crippen molar-refractivity contribution in [2.24, 2.45) is 11.8 Å². The molecule has 1 aliphatic heterocycles. The Hall–Kier alpha value is -0.860. The predicted molar refractivity (Wildman–Crippen MR) is 84.7 cm³/mol. The average molecular weight is 272 g/mol. The maximum Gasteiger partial charge on any atom is 0.0473 e. The summed E-state index contributed by atoms with van der Waals surface area (Å²) in [6, 6.07) is 11.5. The third-order valence-electron chi connectivity index (χ3n) is 4.93. The van der Waals surface area contributed by atoms with E-state index in [0.717, 1.165) is 18.4 Å². The lowest BCUT2D eigenvalue weighted by Crippen LogP contribution is -2.61. The highest BCUT2D eigenvalue weighted by molar-refractivity contribution is 5.21. The van der Waals surface area contributed by atoms with Crippen LogP contribution in [0.5, 0.6) is 0 Å². The van der Waals surface area contributed by atoms with Crippen molar-refractivity contribution in [3.63, 3.8) is 0 Å². The van der Waals surface area contributed by atoms with Gasteiger partial charge in [0.1, 0.15) is 0 Å². The molecule has 1 N–H and O–H groups in total. The molecule has 1 aromatic rings. The molecule has 1 aliphatic carbocycles. The summed E-state index contributed by atoms with van der Waals surface area (Å²) >= 11 is 0. The summed E-state index contributed by atoms with van der Waals surface area (Å²) in [5.74, 6) is 1.62. The summed E-state index contributed by atoms with van der Waals surface area (Å²) in [6.45, 7) is 10.6. The number of benzene rings is 1. The molecule has 0 radical (unpaired) electrons. The van der Waals surface area contributed by atoms with Crippen LogP contribution in [0.2, 0.25) is 0 Å². The fourth-order valence-corrected chi connectivity index (χ4v) is 3.71. The van der Waals surface area contributed by atoms with Crippen LogP contribution in [-0.2, 0) is 0 Å². The Labute approximate surface area is 123 Å². The summed E-state index contributed by atoms with van der Waals surface area (Å²) in [7, 11) is 0. The van der Waals surface area contributed by atoms with Gasteiger partial charge in [-0.25, -0.2) is 0 Å². The van der Waals surface area contributed by atoms with E-state index in [1.165, 1.54) is 31.5 Å². The summed E-state index contributed by atoms with van der Waals surface area (Å²) in [5, 5.41) is 3.87. The average Bonchev–Trinajstić information content (AvgIpc) is 3.24. The molecule has 0 spiro atoms. The van der Waals surface area contributed by atoms with E-state index in [9.17, 15) is 0 Å². The standard InChI is InChI=1S/C18H28N2/c1-14(2)12-20-13-18(3,16-9-10-16)19-11-17(20)15-7-5-4-6-8-15/h4-8,14,16-17,19H,9-13H2,1-3H3. The van der Waals surface area contributed by atoms with Crippen LogP contribution < -0.4 is 5.32 Å². The molecule has 2 nitrogen and oxygen atoms in total. The van der Waals surface area contributed by atoms with Gasteiger partial charge in [0.2, 0.25) is 0 Å². The number of nitrogens with zero attached hydrogens (tertiary/aromatic N) is 1. The van der Waals surface area contributed by atoms with E-state index in [2.05, 4.69) is 61.3 Å². The second kappa shape index (κ2) is 5.50. The van der Waals surface area contributed by atoms with Crippen LogP contribution >= 0.6 is 0 Å². The van der Waals surface area contributed by atoms with Gasteiger partial charge in [0.25, 0.3) is 0 Å². The number of rotatable bonds is 4. The van der Waals surface area contributed by atoms with Crippen LogP contribution in [0.25, 0.3) is 0 Å².